The zero-order chi connectivity index (χ0) is 30.1. The smallest absolute Gasteiger partial charge is 0.405 e. The van der Waals surface area contributed by atoms with Crippen LogP contribution in [0.25, 0.3) is 23.3 Å². The molecule has 13 nitrogen and oxygen atoms in total. The monoisotopic (exact) mass is 570 g/mol. The van der Waals surface area contributed by atoms with Gasteiger partial charge in [0.05, 0.1) is 12.2 Å². The molecule has 0 aliphatic carbocycles. The van der Waals surface area contributed by atoms with Crippen LogP contribution in [-0.4, -0.2) is 72.6 Å². The molecule has 0 saturated carbocycles. The van der Waals surface area contributed by atoms with Crippen molar-refractivity contribution in [2.45, 2.75) is 25.4 Å². The summed E-state index contributed by atoms with van der Waals surface area (Å²) in [7, 11) is 3.21. The second-order valence-electron chi connectivity index (χ2n) is 9.44. The van der Waals surface area contributed by atoms with Crippen molar-refractivity contribution in [3.8, 4) is 0 Å². The molecule has 4 aromatic rings. The number of fused-ring (bicyclic) bond motifs is 1. The lowest BCUT2D eigenvalue weighted by Crippen LogP contribution is -2.44. The topological polar surface area (TPSA) is 175 Å². The third-order valence-electron chi connectivity index (χ3n) is 6.14. The molecule has 0 bridgehead atoms. The van der Waals surface area contributed by atoms with Crippen LogP contribution in [0, 0.1) is 0 Å². The van der Waals surface area contributed by atoms with Gasteiger partial charge in [0.25, 0.3) is 5.56 Å². The Morgan fingerprint density at radius 1 is 1.10 bits per heavy atom. The highest BCUT2D eigenvalue weighted by Gasteiger charge is 2.21. The predicted molar refractivity (Wildman–Crippen MR) is 158 cm³/mol. The summed E-state index contributed by atoms with van der Waals surface area (Å²) in [5.74, 6) is -0.480. The summed E-state index contributed by atoms with van der Waals surface area (Å²) in [5, 5.41) is 13.9. The van der Waals surface area contributed by atoms with E-state index in [0.29, 0.717) is 22.7 Å². The molecule has 0 unspecified atom stereocenters. The molecule has 4 rings (SSSR count). The maximum absolute atomic E-state index is 13.2. The minimum absolute atomic E-state index is 0.0274. The molecule has 42 heavy (non-hydrogen) atoms. The first kappa shape index (κ1) is 29.4. The number of nitrogens with one attached hydrogen (secondary N) is 3. The summed E-state index contributed by atoms with van der Waals surface area (Å²) in [6.07, 6.45) is 8.59. The number of aromatic amines is 1. The van der Waals surface area contributed by atoms with Gasteiger partial charge >= 0.3 is 6.09 Å². The highest BCUT2D eigenvalue weighted by molar-refractivity contribution is 5.96. The Bertz CT molecular complexity index is 1690. The molecule has 0 radical (unpaired) electrons. The maximum Gasteiger partial charge on any atom is 0.405 e. The van der Waals surface area contributed by atoms with Gasteiger partial charge in [-0.3, -0.25) is 14.4 Å². The number of carbonyl (C=O) groups excluding carboxylic acids is 2. The van der Waals surface area contributed by atoms with Crippen LogP contribution in [0.2, 0.25) is 0 Å². The minimum atomic E-state index is -1.39. The third kappa shape index (κ3) is 7.75. The molecular formula is C29H30N8O5. The zero-order valence-corrected chi connectivity index (χ0v) is 23.0. The van der Waals surface area contributed by atoms with Crippen LogP contribution in [0.4, 0.5) is 10.5 Å². The molecule has 1 atom stereocenters. The molecule has 3 amide bonds. The van der Waals surface area contributed by atoms with Crippen LogP contribution >= 0.6 is 0 Å². The summed E-state index contributed by atoms with van der Waals surface area (Å²) in [4.78, 5) is 66.6. The van der Waals surface area contributed by atoms with Crippen LogP contribution in [0.1, 0.15) is 29.9 Å². The number of hydrogen-bond donors (Lipinski definition) is 4. The van der Waals surface area contributed by atoms with Gasteiger partial charge in [-0.2, -0.15) is 0 Å². The predicted octanol–water partition coefficient (Wildman–Crippen LogP) is 2.73. The molecule has 0 spiro atoms. The number of imidazole rings is 1. The van der Waals surface area contributed by atoms with E-state index in [1.165, 1.54) is 27.9 Å². The highest BCUT2D eigenvalue weighted by Crippen LogP contribution is 2.16. The normalized spacial score (nSPS) is 12.0. The van der Waals surface area contributed by atoms with E-state index in [2.05, 4.69) is 30.6 Å². The first-order valence-electron chi connectivity index (χ1n) is 13.0. The van der Waals surface area contributed by atoms with Gasteiger partial charge in [-0.15, -0.1) is 0 Å². The van der Waals surface area contributed by atoms with E-state index in [9.17, 15) is 24.3 Å². The Kier molecular flexibility index (Phi) is 9.56. The molecule has 3 heterocycles. The van der Waals surface area contributed by atoms with Gasteiger partial charge in [0.2, 0.25) is 11.8 Å². The van der Waals surface area contributed by atoms with Crippen LogP contribution in [0.5, 0.6) is 0 Å². The highest BCUT2D eigenvalue weighted by atomic mass is 16.4. The SMILES string of the molecule is CN(C)C(=O)/C=C/CC[C@H](NC(=O)O)C(=O)Nc1cccn(Cc2nc3ncnc(/C=C/c4ccccc4)c3[nH]2)c1=O. The van der Waals surface area contributed by atoms with Gasteiger partial charge in [0, 0.05) is 20.3 Å². The fourth-order valence-electron chi connectivity index (χ4n) is 3.99. The van der Waals surface area contributed by atoms with Crippen molar-refractivity contribution in [1.29, 1.82) is 0 Å². The minimum Gasteiger partial charge on any atom is -0.465 e. The Balaban J connectivity index is 1.48. The number of rotatable bonds is 11. The Morgan fingerprint density at radius 3 is 2.62 bits per heavy atom. The second kappa shape index (κ2) is 13.7. The number of pyridine rings is 1. The van der Waals surface area contributed by atoms with E-state index < -0.39 is 23.6 Å². The zero-order valence-electron chi connectivity index (χ0n) is 23.0. The summed E-state index contributed by atoms with van der Waals surface area (Å²) in [5.41, 5.74) is 2.16. The van der Waals surface area contributed by atoms with Crippen LogP contribution in [0.3, 0.4) is 0 Å². The van der Waals surface area contributed by atoms with Crippen LogP contribution < -0.4 is 16.2 Å². The molecule has 0 saturated heterocycles. The summed E-state index contributed by atoms with van der Waals surface area (Å²) >= 11 is 0. The van der Waals surface area contributed by atoms with Gasteiger partial charge < -0.3 is 30.2 Å². The molecule has 0 fully saturated rings. The number of likely N-dealkylation sites (N-methyl/N-ethyl adjacent to an activating group) is 1. The molecule has 0 aliphatic heterocycles. The van der Waals surface area contributed by atoms with E-state index in [4.69, 9.17) is 0 Å². The number of allylic oxidation sites excluding steroid dienone is 1. The van der Waals surface area contributed by atoms with Gasteiger partial charge in [0.15, 0.2) is 5.65 Å². The number of carboxylic acid groups (broad SMARTS) is 1. The van der Waals surface area contributed by atoms with Crippen molar-refractivity contribution in [3.63, 3.8) is 0 Å². The Labute approximate surface area is 240 Å². The number of hydrogen-bond acceptors (Lipinski definition) is 7. The molecule has 13 heteroatoms. The van der Waals surface area contributed by atoms with E-state index in [-0.39, 0.29) is 31.0 Å². The van der Waals surface area contributed by atoms with E-state index in [1.807, 2.05) is 42.5 Å². The fraction of sp³-hybridized carbons (Fsp3) is 0.207. The average molecular weight is 571 g/mol. The molecule has 0 aliphatic rings. The summed E-state index contributed by atoms with van der Waals surface area (Å²) < 4.78 is 1.36. The first-order valence-corrected chi connectivity index (χ1v) is 13.0. The quantitative estimate of drug-likeness (QED) is 0.199. The number of benzene rings is 1. The van der Waals surface area contributed by atoms with E-state index in [0.717, 1.165) is 5.56 Å². The maximum atomic E-state index is 13.2. The van der Waals surface area contributed by atoms with Crippen LogP contribution in [-0.2, 0) is 16.1 Å². The van der Waals surface area contributed by atoms with E-state index >= 15 is 0 Å². The summed E-state index contributed by atoms with van der Waals surface area (Å²) in [6, 6.07) is 11.6. The van der Waals surface area contributed by atoms with Crippen molar-refractivity contribution in [2.75, 3.05) is 19.4 Å². The van der Waals surface area contributed by atoms with Gasteiger partial charge in [-0.25, -0.2) is 19.7 Å². The fourth-order valence-corrected chi connectivity index (χ4v) is 3.99. The number of carbonyl (C=O) groups is 3. The first-order chi connectivity index (χ1) is 20.2. The average Bonchev–Trinajstić information content (AvgIpc) is 3.39. The van der Waals surface area contributed by atoms with Crippen molar-refractivity contribution in [2.24, 2.45) is 0 Å². The lowest BCUT2D eigenvalue weighted by atomic mass is 10.1. The lowest BCUT2D eigenvalue weighted by molar-refractivity contribution is -0.123. The third-order valence-corrected chi connectivity index (χ3v) is 6.14. The van der Waals surface area contributed by atoms with Gasteiger partial charge in [0.1, 0.15) is 29.4 Å². The van der Waals surface area contributed by atoms with Crippen molar-refractivity contribution in [3.05, 3.63) is 94.6 Å². The van der Waals surface area contributed by atoms with Gasteiger partial charge in [-0.05, 0) is 42.7 Å². The van der Waals surface area contributed by atoms with Gasteiger partial charge in [-0.1, -0.05) is 42.5 Å². The number of aromatic nitrogens is 5. The largest absolute Gasteiger partial charge is 0.465 e. The van der Waals surface area contributed by atoms with Crippen molar-refractivity contribution >= 4 is 46.9 Å². The number of nitrogens with zero attached hydrogens (tertiary/aromatic N) is 5. The number of anilines is 1. The summed E-state index contributed by atoms with van der Waals surface area (Å²) in [6.45, 7) is 0.0578. The molecule has 4 N–H and O–H groups in total. The molecular weight excluding hydrogens is 540 g/mol. The molecule has 216 valence electrons. The Hall–Kier alpha value is -5.59. The lowest BCUT2D eigenvalue weighted by Gasteiger charge is -2.16. The van der Waals surface area contributed by atoms with Crippen molar-refractivity contribution < 1.29 is 19.5 Å². The number of H-pyrrole nitrogens is 1. The standard InChI is InChI=1S/C29H30N8O5/c1-36(2)24(38)13-7-6-11-21(33-29(41)42)27(39)32-22-12-8-16-37(28(22)40)17-23-34-25-20(30-18-31-26(25)35-23)15-14-19-9-4-3-5-10-19/h3-5,7-10,12-16,18,21,33H,6,11,17H2,1-2H3,(H,32,39)(H,41,42)(H,30,31,34,35)/b13-7+,15-14+/t21-/m0/s1. The molecule has 1 aromatic carbocycles. The Morgan fingerprint density at radius 2 is 1.88 bits per heavy atom. The second-order valence-corrected chi connectivity index (χ2v) is 9.44. The van der Waals surface area contributed by atoms with E-state index in [1.54, 1.807) is 32.4 Å². The number of amides is 3. The van der Waals surface area contributed by atoms with Crippen molar-refractivity contribution in [1.82, 2.24) is 34.7 Å². The van der Waals surface area contributed by atoms with Crippen LogP contribution in [0.15, 0.2) is 71.9 Å². The molecule has 3 aromatic heterocycles.